The zero-order valence-electron chi connectivity index (χ0n) is 10.1. The zero-order valence-corrected chi connectivity index (χ0v) is 11.7. The molecule has 0 aliphatic heterocycles. The van der Waals surface area contributed by atoms with E-state index in [-0.39, 0.29) is 16.5 Å². The monoisotopic (exact) mass is 296 g/mol. The first-order valence-electron chi connectivity index (χ1n) is 5.02. The van der Waals surface area contributed by atoms with Crippen molar-refractivity contribution in [1.82, 2.24) is 9.64 Å². The molecule has 0 fully saturated rings. The molecule has 0 bridgehead atoms. The number of rotatable bonds is 3. The van der Waals surface area contributed by atoms with Gasteiger partial charge in [-0.1, -0.05) is 23.3 Å². The fourth-order valence-corrected chi connectivity index (χ4v) is 2.16. The van der Waals surface area contributed by atoms with Crippen LogP contribution in [0.3, 0.4) is 0 Å². The van der Waals surface area contributed by atoms with Crippen molar-refractivity contribution < 1.29 is 17.7 Å². The van der Waals surface area contributed by atoms with Gasteiger partial charge in [-0.15, -0.1) is 0 Å². The summed E-state index contributed by atoms with van der Waals surface area (Å²) < 4.78 is 28.2. The minimum Gasteiger partial charge on any atom is -0.369 e. The number of nitrogens with zero attached hydrogens (tertiary/aromatic N) is 2. The lowest BCUT2D eigenvalue weighted by Crippen LogP contribution is -2.33. The molecule has 1 aromatic heterocycles. The van der Waals surface area contributed by atoms with E-state index in [4.69, 9.17) is 16.1 Å². The van der Waals surface area contributed by atoms with Gasteiger partial charge in [0.2, 0.25) is 0 Å². The molecule has 18 heavy (non-hydrogen) atoms. The number of carbonyl (C=O) groups excluding carboxylic acids is 1. The summed E-state index contributed by atoms with van der Waals surface area (Å²) in [5.74, 6) is -0.843. The molecule has 102 valence electrons. The van der Waals surface area contributed by atoms with Crippen molar-refractivity contribution in [3.8, 4) is 0 Å². The molecule has 0 spiro atoms. The highest BCUT2D eigenvalue weighted by Crippen LogP contribution is 2.15. The molecule has 0 radical (unpaired) electrons. The quantitative estimate of drug-likeness (QED) is 0.813. The lowest BCUT2D eigenvalue weighted by molar-refractivity contribution is 0.181. The van der Waals surface area contributed by atoms with Gasteiger partial charge in [0.15, 0.2) is 20.6 Å². The third-order valence-electron chi connectivity index (χ3n) is 2.17. The van der Waals surface area contributed by atoms with Crippen LogP contribution in [0.4, 0.5) is 4.79 Å². The topological polar surface area (TPSA) is 89.6 Å². The highest BCUT2D eigenvalue weighted by molar-refractivity contribution is 7.90. The molecule has 1 rings (SSSR count). The summed E-state index contributed by atoms with van der Waals surface area (Å²) in [6.07, 6.45) is 0. The van der Waals surface area contributed by atoms with Gasteiger partial charge in [0, 0.05) is 19.8 Å². The van der Waals surface area contributed by atoms with E-state index in [0.29, 0.717) is 4.74 Å². The van der Waals surface area contributed by atoms with Gasteiger partial charge in [0.25, 0.3) is 0 Å². The van der Waals surface area contributed by atoms with Gasteiger partial charge < -0.3 is 9.42 Å². The first kappa shape index (κ1) is 14.8. The predicted octanol–water partition coefficient (Wildman–Crippen LogP) is 0.559. The molecule has 0 aromatic carbocycles. The van der Waals surface area contributed by atoms with Crippen molar-refractivity contribution in [2.45, 2.75) is 12.7 Å². The minimum absolute atomic E-state index is 0.111. The number of sulfone groups is 1. The highest BCUT2D eigenvalue weighted by atomic mass is 35.5. The highest BCUT2D eigenvalue weighted by Gasteiger charge is 2.24. The molecular formula is C9H13ClN2O5S. The Morgan fingerprint density at radius 1 is 1.44 bits per heavy atom. The Balaban J connectivity index is 3.23. The number of amides is 1. The van der Waals surface area contributed by atoms with Crippen molar-refractivity contribution in [3.05, 3.63) is 21.1 Å². The van der Waals surface area contributed by atoms with Crippen LogP contribution in [0.1, 0.15) is 12.7 Å². The number of hydrogen-bond donors (Lipinski definition) is 0. The van der Waals surface area contributed by atoms with Gasteiger partial charge >= 0.3 is 11.6 Å². The second-order valence-corrected chi connectivity index (χ2v) is 6.51. The van der Waals surface area contributed by atoms with Gasteiger partial charge in [-0.3, -0.25) is 4.79 Å². The Kier molecular flexibility index (Phi) is 4.23. The molecule has 0 atom stereocenters. The Morgan fingerprint density at radius 2 is 2.00 bits per heavy atom. The maximum atomic E-state index is 11.6. The van der Waals surface area contributed by atoms with Crippen molar-refractivity contribution in [2.24, 2.45) is 0 Å². The third kappa shape index (κ3) is 2.94. The smallest absolute Gasteiger partial charge is 0.360 e. The standard InChI is InChI=1S/C9H13ClN2O5S/c1-4-18(15,16)5-6-7(10)8(13)12(17-6)9(14)11(2)3/h4-5H2,1-3H3. The Morgan fingerprint density at radius 3 is 2.44 bits per heavy atom. The Hall–Kier alpha value is -1.28. The zero-order chi connectivity index (χ0) is 14.1. The summed E-state index contributed by atoms with van der Waals surface area (Å²) in [6.45, 7) is 1.46. The van der Waals surface area contributed by atoms with Crippen molar-refractivity contribution >= 4 is 27.5 Å². The van der Waals surface area contributed by atoms with Gasteiger partial charge in [-0.25, -0.2) is 13.2 Å². The molecule has 9 heteroatoms. The number of carbonyl (C=O) groups is 1. The second-order valence-electron chi connectivity index (χ2n) is 3.78. The fourth-order valence-electron chi connectivity index (χ4n) is 1.10. The van der Waals surface area contributed by atoms with Gasteiger partial charge in [0.1, 0.15) is 5.75 Å². The fraction of sp³-hybridized carbons (Fsp3) is 0.556. The van der Waals surface area contributed by atoms with Crippen molar-refractivity contribution in [2.75, 3.05) is 19.8 Å². The van der Waals surface area contributed by atoms with Gasteiger partial charge in [-0.2, -0.15) is 0 Å². The Bertz CT molecular complexity index is 613. The molecule has 0 unspecified atom stereocenters. The molecular weight excluding hydrogens is 284 g/mol. The van der Waals surface area contributed by atoms with E-state index < -0.39 is 27.2 Å². The van der Waals surface area contributed by atoms with Gasteiger partial charge in [-0.05, 0) is 0 Å². The van der Waals surface area contributed by atoms with Crippen LogP contribution in [-0.4, -0.2) is 43.9 Å². The summed E-state index contributed by atoms with van der Waals surface area (Å²) in [6, 6.07) is -0.734. The van der Waals surface area contributed by atoms with Crippen molar-refractivity contribution in [1.29, 1.82) is 0 Å². The average molecular weight is 297 g/mol. The summed E-state index contributed by atoms with van der Waals surface area (Å²) >= 11 is 5.66. The van der Waals surface area contributed by atoms with E-state index >= 15 is 0 Å². The van der Waals surface area contributed by atoms with E-state index in [2.05, 4.69) is 0 Å². The maximum absolute atomic E-state index is 11.6. The van der Waals surface area contributed by atoms with E-state index in [1.165, 1.54) is 21.0 Å². The van der Waals surface area contributed by atoms with Crippen LogP contribution in [0, 0.1) is 0 Å². The summed E-state index contributed by atoms with van der Waals surface area (Å²) in [4.78, 5) is 24.3. The first-order valence-corrected chi connectivity index (χ1v) is 7.22. The van der Waals surface area contributed by atoms with Crippen LogP contribution in [0.5, 0.6) is 0 Å². The second kappa shape index (κ2) is 5.15. The van der Waals surface area contributed by atoms with Crippen LogP contribution < -0.4 is 5.56 Å². The SMILES string of the molecule is CCS(=O)(=O)Cc1on(C(=O)N(C)C)c(=O)c1Cl. The van der Waals surface area contributed by atoms with Crippen LogP contribution >= 0.6 is 11.6 Å². The van der Waals surface area contributed by atoms with Crippen molar-refractivity contribution in [3.63, 3.8) is 0 Å². The number of halogens is 1. The molecule has 7 nitrogen and oxygen atoms in total. The Labute approximate surface area is 109 Å². The maximum Gasteiger partial charge on any atom is 0.360 e. The molecule has 1 amide bonds. The summed E-state index contributed by atoms with van der Waals surface area (Å²) in [7, 11) is -0.551. The lowest BCUT2D eigenvalue weighted by Gasteiger charge is -2.07. The summed E-state index contributed by atoms with van der Waals surface area (Å²) in [5, 5.41) is -0.387. The normalized spacial score (nSPS) is 11.6. The van der Waals surface area contributed by atoms with Crippen LogP contribution in [-0.2, 0) is 15.6 Å². The predicted molar refractivity (Wildman–Crippen MR) is 65.6 cm³/mol. The molecule has 1 heterocycles. The first-order chi connectivity index (χ1) is 8.19. The van der Waals surface area contributed by atoms with Crippen LogP contribution in [0.2, 0.25) is 5.02 Å². The number of hydrogen-bond acceptors (Lipinski definition) is 5. The molecule has 0 aliphatic carbocycles. The molecule has 0 saturated carbocycles. The molecule has 0 N–H and O–H groups in total. The lowest BCUT2D eigenvalue weighted by atomic mass is 10.5. The third-order valence-corrected chi connectivity index (χ3v) is 4.12. The molecule has 0 aliphatic rings. The average Bonchev–Trinajstić information content (AvgIpc) is 2.56. The minimum atomic E-state index is -3.40. The number of aromatic nitrogens is 1. The van der Waals surface area contributed by atoms with E-state index in [0.717, 1.165) is 4.90 Å². The van der Waals surface area contributed by atoms with Gasteiger partial charge in [0.05, 0.1) is 0 Å². The van der Waals surface area contributed by atoms with Crippen LogP contribution in [0.15, 0.2) is 9.32 Å². The van der Waals surface area contributed by atoms with E-state index in [1.807, 2.05) is 0 Å². The largest absolute Gasteiger partial charge is 0.369 e. The van der Waals surface area contributed by atoms with E-state index in [9.17, 15) is 18.0 Å². The molecule has 0 saturated heterocycles. The summed E-state index contributed by atoms with van der Waals surface area (Å²) in [5.41, 5.74) is -0.864. The van der Waals surface area contributed by atoms with Crippen LogP contribution in [0.25, 0.3) is 0 Å². The van der Waals surface area contributed by atoms with E-state index in [1.54, 1.807) is 0 Å². The molecule has 1 aromatic rings.